The molecular weight excluding hydrogens is 415 g/mol. The zero-order valence-corrected chi connectivity index (χ0v) is 16.6. The summed E-state index contributed by atoms with van der Waals surface area (Å²) < 4.78 is 5.81. The minimum absolute atomic E-state index is 0. The molecular formula is C18H27IN4O. The number of hydrogen-bond donors (Lipinski definition) is 2. The van der Waals surface area contributed by atoms with Gasteiger partial charge in [0.15, 0.2) is 5.96 Å². The molecule has 0 aliphatic carbocycles. The van der Waals surface area contributed by atoms with Crippen LogP contribution in [0.5, 0.6) is 0 Å². The van der Waals surface area contributed by atoms with Crippen LogP contribution in [0.25, 0.3) is 11.0 Å². The van der Waals surface area contributed by atoms with Crippen molar-refractivity contribution in [1.82, 2.24) is 15.5 Å². The molecule has 0 radical (unpaired) electrons. The van der Waals surface area contributed by atoms with Gasteiger partial charge in [-0.25, -0.2) is 0 Å². The maximum atomic E-state index is 5.81. The highest BCUT2D eigenvalue weighted by molar-refractivity contribution is 14.0. The van der Waals surface area contributed by atoms with Crippen molar-refractivity contribution in [2.45, 2.75) is 25.8 Å². The van der Waals surface area contributed by atoms with E-state index in [4.69, 9.17) is 4.42 Å². The Morgan fingerprint density at radius 2 is 1.96 bits per heavy atom. The number of likely N-dealkylation sites (tertiary alicyclic amines) is 1. The first-order valence-corrected chi connectivity index (χ1v) is 8.49. The maximum Gasteiger partial charge on any atom is 0.191 e. The summed E-state index contributed by atoms with van der Waals surface area (Å²) in [7, 11) is 1.80. The van der Waals surface area contributed by atoms with E-state index in [9.17, 15) is 0 Å². The van der Waals surface area contributed by atoms with Gasteiger partial charge in [0.1, 0.15) is 11.3 Å². The molecule has 1 aliphatic heterocycles. The minimum atomic E-state index is 0. The largest absolute Gasteiger partial charge is 0.459 e. The normalized spacial score (nSPS) is 16.0. The van der Waals surface area contributed by atoms with Gasteiger partial charge in [-0.05, 0) is 38.1 Å². The number of benzene rings is 1. The number of nitrogens with one attached hydrogen (secondary N) is 2. The second-order valence-corrected chi connectivity index (χ2v) is 6.01. The monoisotopic (exact) mass is 442 g/mol. The van der Waals surface area contributed by atoms with Crippen LogP contribution in [0.2, 0.25) is 0 Å². The van der Waals surface area contributed by atoms with Gasteiger partial charge in [0, 0.05) is 25.5 Å². The molecule has 24 heavy (non-hydrogen) atoms. The van der Waals surface area contributed by atoms with E-state index >= 15 is 0 Å². The molecule has 0 saturated carbocycles. The average molecular weight is 442 g/mol. The first-order valence-electron chi connectivity index (χ1n) is 8.49. The Balaban J connectivity index is 0.00000208. The number of furan rings is 1. The summed E-state index contributed by atoms with van der Waals surface area (Å²) in [4.78, 5) is 6.79. The molecule has 0 spiro atoms. The molecule has 6 heteroatoms. The van der Waals surface area contributed by atoms with E-state index in [1.807, 2.05) is 18.2 Å². The quantitative estimate of drug-likeness (QED) is 0.424. The third-order valence-electron chi connectivity index (χ3n) is 4.30. The summed E-state index contributed by atoms with van der Waals surface area (Å²) in [5.41, 5.74) is 0.928. The van der Waals surface area contributed by atoms with Gasteiger partial charge in [0.05, 0.1) is 6.54 Å². The summed E-state index contributed by atoms with van der Waals surface area (Å²) in [5.74, 6) is 1.74. The highest BCUT2D eigenvalue weighted by Gasteiger charge is 2.09. The number of para-hydroxylation sites is 1. The molecule has 1 aromatic heterocycles. The highest BCUT2D eigenvalue weighted by Crippen LogP contribution is 2.18. The van der Waals surface area contributed by atoms with E-state index in [1.165, 1.54) is 32.4 Å². The molecule has 132 valence electrons. The molecule has 0 unspecified atom stereocenters. The van der Waals surface area contributed by atoms with E-state index in [0.717, 1.165) is 35.8 Å². The van der Waals surface area contributed by atoms with Gasteiger partial charge in [-0.15, -0.1) is 24.0 Å². The highest BCUT2D eigenvalue weighted by atomic mass is 127. The van der Waals surface area contributed by atoms with Crippen molar-refractivity contribution >= 4 is 40.9 Å². The van der Waals surface area contributed by atoms with Gasteiger partial charge in [-0.3, -0.25) is 4.99 Å². The van der Waals surface area contributed by atoms with Crippen LogP contribution in [-0.2, 0) is 6.54 Å². The molecule has 1 aromatic carbocycles. The zero-order chi connectivity index (χ0) is 15.9. The zero-order valence-electron chi connectivity index (χ0n) is 14.3. The molecule has 1 saturated heterocycles. The number of fused-ring (bicyclic) bond motifs is 1. The molecule has 1 aliphatic rings. The Morgan fingerprint density at radius 1 is 1.17 bits per heavy atom. The van der Waals surface area contributed by atoms with Gasteiger partial charge in [0.2, 0.25) is 0 Å². The molecule has 0 bridgehead atoms. The lowest BCUT2D eigenvalue weighted by molar-refractivity contribution is 0.232. The Labute approximate surface area is 160 Å². The molecule has 2 aromatic rings. The molecule has 0 atom stereocenters. The van der Waals surface area contributed by atoms with Crippen LogP contribution >= 0.6 is 24.0 Å². The van der Waals surface area contributed by atoms with Crippen LogP contribution in [0, 0.1) is 0 Å². The maximum absolute atomic E-state index is 5.81. The standard InChI is InChI=1S/C18H26N4O.HI/c1-19-18(20-9-12-22-10-5-2-6-11-22)21-14-16-13-15-7-3-4-8-17(15)23-16;/h3-4,7-8,13H,2,5-6,9-12,14H2,1H3,(H2,19,20,21);1H. The first-order chi connectivity index (χ1) is 11.3. The summed E-state index contributed by atoms with van der Waals surface area (Å²) in [6, 6.07) is 10.1. The third-order valence-corrected chi connectivity index (χ3v) is 4.30. The number of nitrogens with zero attached hydrogens (tertiary/aromatic N) is 2. The van der Waals surface area contributed by atoms with Gasteiger partial charge in [-0.1, -0.05) is 24.6 Å². The van der Waals surface area contributed by atoms with E-state index in [0.29, 0.717) is 6.54 Å². The lowest BCUT2D eigenvalue weighted by atomic mass is 10.1. The van der Waals surface area contributed by atoms with Crippen molar-refractivity contribution in [1.29, 1.82) is 0 Å². The van der Waals surface area contributed by atoms with Gasteiger partial charge in [0.25, 0.3) is 0 Å². The molecule has 0 amide bonds. The molecule has 2 N–H and O–H groups in total. The number of guanidine groups is 1. The SMILES string of the molecule is CN=C(NCCN1CCCCC1)NCc1cc2ccccc2o1.I. The Morgan fingerprint density at radius 3 is 2.71 bits per heavy atom. The van der Waals surface area contributed by atoms with Crippen LogP contribution in [-0.4, -0.2) is 44.1 Å². The predicted octanol–water partition coefficient (Wildman–Crippen LogP) is 3.20. The summed E-state index contributed by atoms with van der Waals surface area (Å²) in [6.45, 7) is 5.09. The second-order valence-electron chi connectivity index (χ2n) is 6.01. The van der Waals surface area contributed by atoms with Crippen LogP contribution in [0.4, 0.5) is 0 Å². The van der Waals surface area contributed by atoms with E-state index < -0.39 is 0 Å². The molecule has 3 rings (SSSR count). The third kappa shape index (κ3) is 5.37. The van der Waals surface area contributed by atoms with E-state index in [-0.39, 0.29) is 24.0 Å². The Kier molecular flexibility index (Phi) is 7.84. The fraction of sp³-hybridized carbons (Fsp3) is 0.500. The van der Waals surface area contributed by atoms with Crippen molar-refractivity contribution in [2.75, 3.05) is 33.2 Å². The fourth-order valence-electron chi connectivity index (χ4n) is 3.03. The molecule has 5 nitrogen and oxygen atoms in total. The molecule has 2 heterocycles. The van der Waals surface area contributed by atoms with Crippen molar-refractivity contribution in [3.63, 3.8) is 0 Å². The first kappa shape index (κ1) is 19.1. The average Bonchev–Trinajstić information content (AvgIpc) is 3.01. The van der Waals surface area contributed by atoms with Crippen LogP contribution in [0.1, 0.15) is 25.0 Å². The number of hydrogen-bond acceptors (Lipinski definition) is 3. The molecule has 1 fully saturated rings. The number of halogens is 1. The lowest BCUT2D eigenvalue weighted by Gasteiger charge is -2.26. The smallest absolute Gasteiger partial charge is 0.191 e. The Bertz CT molecular complexity index is 616. The van der Waals surface area contributed by atoms with Crippen molar-refractivity contribution < 1.29 is 4.42 Å². The van der Waals surface area contributed by atoms with E-state index in [2.05, 4.69) is 32.7 Å². The Hall–Kier alpha value is -1.28. The predicted molar refractivity (Wildman–Crippen MR) is 110 cm³/mol. The van der Waals surface area contributed by atoms with Gasteiger partial charge in [-0.2, -0.15) is 0 Å². The lowest BCUT2D eigenvalue weighted by Crippen LogP contribution is -2.42. The van der Waals surface area contributed by atoms with Crippen LogP contribution in [0.15, 0.2) is 39.7 Å². The fourth-order valence-corrected chi connectivity index (χ4v) is 3.03. The minimum Gasteiger partial charge on any atom is -0.459 e. The topological polar surface area (TPSA) is 52.8 Å². The second kappa shape index (κ2) is 9.88. The summed E-state index contributed by atoms with van der Waals surface area (Å²) in [6.07, 6.45) is 4.04. The summed E-state index contributed by atoms with van der Waals surface area (Å²) in [5, 5.41) is 7.82. The number of aliphatic imine (C=N–C) groups is 1. The van der Waals surface area contributed by atoms with E-state index in [1.54, 1.807) is 7.05 Å². The van der Waals surface area contributed by atoms with Crippen LogP contribution in [0.3, 0.4) is 0 Å². The van der Waals surface area contributed by atoms with Gasteiger partial charge < -0.3 is 20.0 Å². The van der Waals surface area contributed by atoms with Crippen molar-refractivity contribution in [3.8, 4) is 0 Å². The van der Waals surface area contributed by atoms with Crippen molar-refractivity contribution in [2.24, 2.45) is 4.99 Å². The number of rotatable bonds is 5. The summed E-state index contributed by atoms with van der Waals surface area (Å²) >= 11 is 0. The van der Waals surface area contributed by atoms with Gasteiger partial charge >= 0.3 is 0 Å². The van der Waals surface area contributed by atoms with Crippen molar-refractivity contribution in [3.05, 3.63) is 36.1 Å². The van der Waals surface area contributed by atoms with Crippen LogP contribution < -0.4 is 10.6 Å². The number of piperidine rings is 1.